The minimum absolute atomic E-state index is 0.0167. The maximum absolute atomic E-state index is 13.1. The van der Waals surface area contributed by atoms with E-state index in [1.807, 2.05) is 0 Å². The van der Waals surface area contributed by atoms with E-state index in [4.69, 9.17) is 25.8 Å². The maximum Gasteiger partial charge on any atom is 0.422 e. The summed E-state index contributed by atoms with van der Waals surface area (Å²) < 4.78 is 56.6. The molecular weight excluding hydrogens is 499 g/mol. The van der Waals surface area contributed by atoms with E-state index in [1.165, 1.54) is 10.8 Å². The fourth-order valence-corrected chi connectivity index (χ4v) is 4.37. The Morgan fingerprint density at radius 1 is 1.00 bits per heavy atom. The number of carbonyl (C=O) groups is 1. The second-order valence-electron chi connectivity index (χ2n) is 7.92. The molecular formula is C26H23ClF3NO5. The van der Waals surface area contributed by atoms with Gasteiger partial charge in [-0.3, -0.25) is 9.36 Å². The fourth-order valence-electron chi connectivity index (χ4n) is 4.07. The van der Waals surface area contributed by atoms with Crippen LogP contribution >= 0.6 is 11.6 Å². The molecule has 0 aliphatic carbocycles. The average molecular weight is 522 g/mol. The van der Waals surface area contributed by atoms with Crippen molar-refractivity contribution in [1.29, 1.82) is 0 Å². The predicted octanol–water partition coefficient (Wildman–Crippen LogP) is 6.59. The molecule has 0 aliphatic heterocycles. The second kappa shape index (κ2) is 10.2. The first kappa shape index (κ1) is 25.5. The molecule has 0 fully saturated rings. The van der Waals surface area contributed by atoms with Crippen molar-refractivity contribution in [3.63, 3.8) is 0 Å². The molecule has 1 N–H and O–H groups in total. The summed E-state index contributed by atoms with van der Waals surface area (Å²) in [6.45, 7) is 2.48. The van der Waals surface area contributed by atoms with Crippen LogP contribution in [0.1, 0.15) is 19.4 Å². The van der Waals surface area contributed by atoms with Gasteiger partial charge in [0.25, 0.3) is 0 Å². The number of fused-ring (bicyclic) bond motifs is 2. The Morgan fingerprint density at radius 2 is 1.69 bits per heavy atom. The first-order valence-corrected chi connectivity index (χ1v) is 11.6. The molecule has 0 saturated heterocycles. The topological polar surface area (TPSA) is 69.9 Å². The predicted molar refractivity (Wildman–Crippen MR) is 131 cm³/mol. The molecule has 6 nitrogen and oxygen atoms in total. The lowest BCUT2D eigenvalue weighted by Gasteiger charge is -2.16. The van der Waals surface area contributed by atoms with E-state index in [1.54, 1.807) is 56.3 Å². The number of ether oxygens (including phenoxy) is 3. The Kier molecular flexibility index (Phi) is 7.21. The molecule has 0 radical (unpaired) electrons. The van der Waals surface area contributed by atoms with Gasteiger partial charge in [-0.15, -0.1) is 0 Å². The zero-order chi connectivity index (χ0) is 26.0. The Labute approximate surface area is 209 Å². The number of halogens is 4. The van der Waals surface area contributed by atoms with Gasteiger partial charge in [-0.1, -0.05) is 41.9 Å². The molecule has 190 valence electrons. The van der Waals surface area contributed by atoms with Crippen LogP contribution in [-0.2, 0) is 16.0 Å². The number of aromatic nitrogens is 1. The van der Waals surface area contributed by atoms with Gasteiger partial charge in [-0.05, 0) is 31.5 Å². The van der Waals surface area contributed by atoms with Gasteiger partial charge in [-0.25, -0.2) is 0 Å². The van der Waals surface area contributed by atoms with Crippen molar-refractivity contribution in [2.24, 2.45) is 0 Å². The third-order valence-corrected chi connectivity index (χ3v) is 5.76. The number of carbonyl (C=O) groups excluding carboxylic acids is 1. The number of esters is 1. The Morgan fingerprint density at radius 3 is 2.31 bits per heavy atom. The number of nitrogens with zero attached hydrogens (tertiary/aromatic N) is 1. The monoisotopic (exact) mass is 521 g/mol. The van der Waals surface area contributed by atoms with Crippen LogP contribution in [-0.4, -0.2) is 41.6 Å². The minimum atomic E-state index is -4.56. The lowest BCUT2D eigenvalue weighted by molar-refractivity contribution is -0.153. The molecule has 0 aliphatic rings. The molecule has 1 heterocycles. The molecule has 4 aromatic rings. The molecule has 10 heteroatoms. The van der Waals surface area contributed by atoms with E-state index in [9.17, 15) is 23.1 Å². The lowest BCUT2D eigenvalue weighted by atomic mass is 10.0. The van der Waals surface area contributed by atoms with Gasteiger partial charge in [-0.2, -0.15) is 13.2 Å². The van der Waals surface area contributed by atoms with E-state index < -0.39 is 18.8 Å². The normalized spacial score (nSPS) is 11.7. The van der Waals surface area contributed by atoms with Crippen molar-refractivity contribution < 1.29 is 37.3 Å². The van der Waals surface area contributed by atoms with E-state index >= 15 is 0 Å². The van der Waals surface area contributed by atoms with Gasteiger partial charge >= 0.3 is 12.1 Å². The molecule has 0 amide bonds. The highest BCUT2D eigenvalue weighted by Crippen LogP contribution is 2.48. The summed E-state index contributed by atoms with van der Waals surface area (Å²) >= 11 is 6.50. The summed E-state index contributed by atoms with van der Waals surface area (Å²) in [4.78, 5) is 11.8. The Hall–Kier alpha value is -3.59. The van der Waals surface area contributed by atoms with Crippen LogP contribution in [0.4, 0.5) is 13.2 Å². The first-order valence-electron chi connectivity index (χ1n) is 11.2. The van der Waals surface area contributed by atoms with E-state index in [0.717, 1.165) is 0 Å². The van der Waals surface area contributed by atoms with Crippen LogP contribution in [0.5, 0.6) is 17.4 Å². The van der Waals surface area contributed by atoms with Gasteiger partial charge in [0, 0.05) is 17.0 Å². The summed E-state index contributed by atoms with van der Waals surface area (Å²) in [6.07, 6.45) is -3.09. The molecule has 0 bridgehead atoms. The highest BCUT2D eigenvalue weighted by atomic mass is 35.5. The van der Waals surface area contributed by atoms with Gasteiger partial charge in [0.2, 0.25) is 5.88 Å². The van der Waals surface area contributed by atoms with E-state index in [0.29, 0.717) is 27.8 Å². The SMILES string of the molecule is CCOC(=O)Cc1ccc(-n2cc3c(OCC(F)(F)F)c4ccccc4c(OCC)c3c2O)c(Cl)c1. The number of aromatic hydroxyl groups is 1. The highest BCUT2D eigenvalue weighted by Gasteiger charge is 2.31. The van der Waals surface area contributed by atoms with Crippen molar-refractivity contribution in [3.8, 4) is 23.1 Å². The van der Waals surface area contributed by atoms with Crippen LogP contribution in [0.3, 0.4) is 0 Å². The molecule has 4 rings (SSSR count). The molecule has 0 spiro atoms. The van der Waals surface area contributed by atoms with Crippen LogP contribution in [0.2, 0.25) is 5.02 Å². The largest absolute Gasteiger partial charge is 0.494 e. The maximum atomic E-state index is 13.1. The zero-order valence-electron chi connectivity index (χ0n) is 19.5. The quantitative estimate of drug-likeness (QED) is 0.265. The van der Waals surface area contributed by atoms with Crippen molar-refractivity contribution in [2.45, 2.75) is 26.4 Å². The highest BCUT2D eigenvalue weighted by molar-refractivity contribution is 6.32. The standard InChI is InChI=1S/C26H23ClF3NO5/c1-3-34-21(32)12-15-9-10-20(19(27)11-15)31-13-18-22(25(31)33)24(35-4-2)17-8-6-5-7-16(17)23(18)36-14-26(28,29)30/h5-11,13,33H,3-4,12,14H2,1-2H3. The summed E-state index contributed by atoms with van der Waals surface area (Å²) in [6, 6.07) is 11.6. The smallest absolute Gasteiger partial charge is 0.422 e. The van der Waals surface area contributed by atoms with Gasteiger partial charge in [0.15, 0.2) is 6.61 Å². The number of rotatable bonds is 8. The summed E-state index contributed by atoms with van der Waals surface area (Å²) in [5.41, 5.74) is 0.958. The van der Waals surface area contributed by atoms with Crippen LogP contribution < -0.4 is 9.47 Å². The summed E-state index contributed by atoms with van der Waals surface area (Å²) in [7, 11) is 0. The van der Waals surface area contributed by atoms with Crippen molar-refractivity contribution in [1.82, 2.24) is 4.57 Å². The van der Waals surface area contributed by atoms with Crippen molar-refractivity contribution in [3.05, 3.63) is 59.2 Å². The van der Waals surface area contributed by atoms with Crippen molar-refractivity contribution >= 4 is 39.1 Å². The molecule has 0 atom stereocenters. The molecule has 0 saturated carbocycles. The number of hydrogen-bond acceptors (Lipinski definition) is 5. The Bertz CT molecular complexity index is 1430. The number of benzene rings is 3. The fraction of sp³-hybridized carbons (Fsp3) is 0.269. The zero-order valence-corrected chi connectivity index (χ0v) is 20.2. The molecule has 1 aromatic heterocycles. The lowest BCUT2D eigenvalue weighted by Crippen LogP contribution is -2.19. The third kappa shape index (κ3) is 5.02. The summed E-state index contributed by atoms with van der Waals surface area (Å²) in [5, 5.41) is 12.8. The number of alkyl halides is 3. The minimum Gasteiger partial charge on any atom is -0.494 e. The van der Waals surface area contributed by atoms with E-state index in [2.05, 4.69) is 0 Å². The van der Waals surface area contributed by atoms with E-state index in [-0.39, 0.29) is 47.1 Å². The molecule has 36 heavy (non-hydrogen) atoms. The molecule has 0 unspecified atom stereocenters. The van der Waals surface area contributed by atoms with Crippen LogP contribution in [0.15, 0.2) is 48.7 Å². The summed E-state index contributed by atoms with van der Waals surface area (Å²) in [5.74, 6) is -0.411. The van der Waals surface area contributed by atoms with Gasteiger partial charge < -0.3 is 19.3 Å². The average Bonchev–Trinajstić information content (AvgIpc) is 3.15. The van der Waals surface area contributed by atoms with Crippen LogP contribution in [0, 0.1) is 0 Å². The Balaban J connectivity index is 1.92. The first-order chi connectivity index (χ1) is 17.1. The van der Waals surface area contributed by atoms with Gasteiger partial charge in [0.1, 0.15) is 11.5 Å². The van der Waals surface area contributed by atoms with Crippen molar-refractivity contribution in [2.75, 3.05) is 19.8 Å². The number of hydrogen-bond donors (Lipinski definition) is 1. The third-order valence-electron chi connectivity index (χ3n) is 5.46. The van der Waals surface area contributed by atoms with Crippen LogP contribution in [0.25, 0.3) is 27.2 Å². The molecule has 3 aromatic carbocycles. The second-order valence-corrected chi connectivity index (χ2v) is 8.33. The van der Waals surface area contributed by atoms with Gasteiger partial charge in [0.05, 0.1) is 41.1 Å².